The monoisotopic (exact) mass is 539 g/mol. The Kier molecular flexibility index (Phi) is 7.28. The number of furan rings is 1. The molecule has 1 aliphatic heterocycles. The van der Waals surface area contributed by atoms with E-state index in [0.717, 1.165) is 25.8 Å². The number of amides is 3. The Bertz CT molecular complexity index is 1400. The van der Waals surface area contributed by atoms with Gasteiger partial charge in [-0.1, -0.05) is 11.6 Å². The molecule has 2 N–H and O–H groups in total. The van der Waals surface area contributed by atoms with E-state index in [1.165, 1.54) is 31.5 Å². The number of hydrogen-bond acceptors (Lipinski definition) is 8. The maximum absolute atomic E-state index is 13.3. The molecule has 2 aliphatic rings. The number of anilines is 2. The minimum absolute atomic E-state index is 0.00147. The van der Waals surface area contributed by atoms with Gasteiger partial charge in [-0.2, -0.15) is 0 Å². The first-order chi connectivity index (χ1) is 18.3. The molecule has 1 saturated carbocycles. The predicted octanol–water partition coefficient (Wildman–Crippen LogP) is 4.03. The lowest BCUT2D eigenvalue weighted by molar-refractivity contribution is -0.130. The number of hydrogen-bond donors (Lipinski definition) is 2. The average Bonchev–Trinajstić information content (AvgIpc) is 3.52. The number of nitrogens with zero attached hydrogens (tertiary/aromatic N) is 3. The SMILES string of the molecule is COC(=O)c1ccc2oc(C(=O)Nc3ccc(Cl)cn3)c(NC(=O)C3CCC(N4CCCC4=O)CC3)c2n1. The van der Waals surface area contributed by atoms with Crippen molar-refractivity contribution in [3.8, 4) is 0 Å². The van der Waals surface area contributed by atoms with E-state index >= 15 is 0 Å². The molecule has 3 aromatic heterocycles. The lowest BCUT2D eigenvalue weighted by Gasteiger charge is -2.34. The van der Waals surface area contributed by atoms with Crippen LogP contribution in [0.25, 0.3) is 11.1 Å². The van der Waals surface area contributed by atoms with E-state index in [1.54, 1.807) is 6.07 Å². The van der Waals surface area contributed by atoms with E-state index in [-0.39, 0.29) is 57.8 Å². The highest BCUT2D eigenvalue weighted by atomic mass is 35.5. The molecule has 0 atom stereocenters. The quantitative estimate of drug-likeness (QED) is 0.447. The summed E-state index contributed by atoms with van der Waals surface area (Å²) < 4.78 is 10.5. The van der Waals surface area contributed by atoms with Crippen molar-refractivity contribution in [1.82, 2.24) is 14.9 Å². The highest BCUT2D eigenvalue weighted by Crippen LogP contribution is 2.34. The second-order valence-corrected chi connectivity index (χ2v) is 9.78. The van der Waals surface area contributed by atoms with Crippen LogP contribution in [0.5, 0.6) is 0 Å². The number of fused-ring (bicyclic) bond motifs is 1. The second kappa shape index (κ2) is 10.8. The van der Waals surface area contributed by atoms with Crippen LogP contribution in [0, 0.1) is 5.92 Å². The number of ether oxygens (including phenoxy) is 1. The van der Waals surface area contributed by atoms with Gasteiger partial charge < -0.3 is 24.7 Å². The zero-order valence-corrected chi connectivity index (χ0v) is 21.4. The molecular weight excluding hydrogens is 514 g/mol. The molecule has 0 aromatic carbocycles. The summed E-state index contributed by atoms with van der Waals surface area (Å²) in [4.78, 5) is 61.0. The Morgan fingerprint density at radius 2 is 1.89 bits per heavy atom. The van der Waals surface area contributed by atoms with Crippen LogP contribution in [0.3, 0.4) is 0 Å². The van der Waals surface area contributed by atoms with Crippen molar-refractivity contribution in [2.24, 2.45) is 5.92 Å². The van der Waals surface area contributed by atoms with Gasteiger partial charge in [0.1, 0.15) is 22.7 Å². The summed E-state index contributed by atoms with van der Waals surface area (Å²) in [5.41, 5.74) is 0.405. The number of methoxy groups -OCH3 is 1. The van der Waals surface area contributed by atoms with Crippen LogP contribution < -0.4 is 10.6 Å². The molecule has 11 nitrogen and oxygen atoms in total. The van der Waals surface area contributed by atoms with Gasteiger partial charge in [-0.15, -0.1) is 0 Å². The van der Waals surface area contributed by atoms with E-state index in [0.29, 0.717) is 24.3 Å². The second-order valence-electron chi connectivity index (χ2n) is 9.34. The molecule has 1 aliphatic carbocycles. The summed E-state index contributed by atoms with van der Waals surface area (Å²) in [6.45, 7) is 0.774. The molecule has 3 amide bonds. The third-order valence-electron chi connectivity index (χ3n) is 6.97. The summed E-state index contributed by atoms with van der Waals surface area (Å²) in [5.74, 6) is -1.71. The van der Waals surface area contributed by atoms with E-state index in [1.807, 2.05) is 4.90 Å². The Balaban J connectivity index is 1.39. The molecule has 1 saturated heterocycles. The number of pyridine rings is 2. The first-order valence-electron chi connectivity index (χ1n) is 12.4. The summed E-state index contributed by atoms with van der Waals surface area (Å²) >= 11 is 5.87. The van der Waals surface area contributed by atoms with Crippen LogP contribution in [-0.2, 0) is 14.3 Å². The van der Waals surface area contributed by atoms with Crippen molar-refractivity contribution in [1.29, 1.82) is 0 Å². The number of halogens is 1. The smallest absolute Gasteiger partial charge is 0.356 e. The molecule has 2 fully saturated rings. The largest absolute Gasteiger partial charge is 0.464 e. The first kappa shape index (κ1) is 25.7. The standard InChI is InChI=1S/C26H26ClN5O6/c1-37-26(36)17-9-10-18-21(29-17)22(23(38-18)25(35)30-19-11-6-15(27)13-28-19)31-24(34)14-4-7-16(8-5-14)32-12-2-3-20(32)33/h6,9-11,13-14,16H,2-5,7-8,12H2,1H3,(H,31,34)(H,28,30,35). The summed E-state index contributed by atoms with van der Waals surface area (Å²) in [5, 5.41) is 5.85. The van der Waals surface area contributed by atoms with Gasteiger partial charge in [0.05, 0.1) is 12.1 Å². The van der Waals surface area contributed by atoms with Gasteiger partial charge in [0.2, 0.25) is 17.6 Å². The fourth-order valence-corrected chi connectivity index (χ4v) is 5.14. The molecule has 0 unspecified atom stereocenters. The van der Waals surface area contributed by atoms with Crippen molar-refractivity contribution in [2.45, 2.75) is 44.6 Å². The molecule has 0 spiro atoms. The highest BCUT2D eigenvalue weighted by molar-refractivity contribution is 6.30. The van der Waals surface area contributed by atoms with Crippen LogP contribution >= 0.6 is 11.6 Å². The van der Waals surface area contributed by atoms with Crippen molar-refractivity contribution in [2.75, 3.05) is 24.3 Å². The van der Waals surface area contributed by atoms with Crippen molar-refractivity contribution < 1.29 is 28.3 Å². The van der Waals surface area contributed by atoms with E-state index < -0.39 is 11.9 Å². The molecule has 5 rings (SSSR count). The Morgan fingerprint density at radius 1 is 1.11 bits per heavy atom. The lowest BCUT2D eigenvalue weighted by atomic mass is 9.84. The van der Waals surface area contributed by atoms with E-state index in [9.17, 15) is 19.2 Å². The predicted molar refractivity (Wildman–Crippen MR) is 138 cm³/mol. The average molecular weight is 540 g/mol. The summed E-state index contributed by atoms with van der Waals surface area (Å²) in [6.07, 6.45) is 5.52. The number of rotatable bonds is 6. The third-order valence-corrected chi connectivity index (χ3v) is 7.19. The molecule has 3 aromatic rings. The Labute approximate surface area is 222 Å². The third kappa shape index (κ3) is 5.19. The molecule has 38 heavy (non-hydrogen) atoms. The number of likely N-dealkylation sites (tertiary alicyclic amines) is 1. The molecule has 0 bridgehead atoms. The van der Waals surface area contributed by atoms with Gasteiger partial charge in [-0.3, -0.25) is 14.4 Å². The molecular formula is C26H26ClN5O6. The van der Waals surface area contributed by atoms with Crippen molar-refractivity contribution in [3.05, 3.63) is 46.9 Å². The lowest BCUT2D eigenvalue weighted by Crippen LogP contribution is -2.40. The number of aromatic nitrogens is 2. The van der Waals surface area contributed by atoms with Gasteiger partial charge in [-0.05, 0) is 56.4 Å². The van der Waals surface area contributed by atoms with Crippen LogP contribution in [0.15, 0.2) is 34.9 Å². The van der Waals surface area contributed by atoms with Gasteiger partial charge in [0.25, 0.3) is 5.91 Å². The topological polar surface area (TPSA) is 144 Å². The minimum Gasteiger partial charge on any atom is -0.464 e. The maximum Gasteiger partial charge on any atom is 0.356 e. The fraction of sp³-hybridized carbons (Fsp3) is 0.385. The summed E-state index contributed by atoms with van der Waals surface area (Å²) in [7, 11) is 1.23. The normalized spacial score (nSPS) is 19.4. The fourth-order valence-electron chi connectivity index (χ4n) is 5.02. The van der Waals surface area contributed by atoms with Gasteiger partial charge >= 0.3 is 5.97 Å². The van der Waals surface area contributed by atoms with E-state index in [2.05, 4.69) is 20.6 Å². The summed E-state index contributed by atoms with van der Waals surface area (Å²) in [6, 6.07) is 6.15. The van der Waals surface area contributed by atoms with Crippen LogP contribution in [0.2, 0.25) is 5.02 Å². The number of carbonyl (C=O) groups is 4. The highest BCUT2D eigenvalue weighted by Gasteiger charge is 2.34. The van der Waals surface area contributed by atoms with Crippen molar-refractivity contribution >= 4 is 57.9 Å². The molecule has 198 valence electrons. The molecule has 12 heteroatoms. The molecule has 4 heterocycles. The molecule has 0 radical (unpaired) electrons. The Hall–Kier alpha value is -3.99. The number of nitrogens with one attached hydrogen (secondary N) is 2. The minimum atomic E-state index is -0.670. The van der Waals surface area contributed by atoms with Crippen LogP contribution in [-0.4, -0.2) is 58.3 Å². The Morgan fingerprint density at radius 3 is 2.55 bits per heavy atom. The van der Waals surface area contributed by atoms with E-state index in [4.69, 9.17) is 20.8 Å². The van der Waals surface area contributed by atoms with Crippen molar-refractivity contribution in [3.63, 3.8) is 0 Å². The maximum atomic E-state index is 13.3. The zero-order chi connectivity index (χ0) is 26.8. The number of carbonyl (C=O) groups excluding carboxylic acids is 4. The zero-order valence-electron chi connectivity index (χ0n) is 20.7. The van der Waals surface area contributed by atoms with Crippen LogP contribution in [0.4, 0.5) is 11.5 Å². The first-order valence-corrected chi connectivity index (χ1v) is 12.8. The van der Waals surface area contributed by atoms with Crippen LogP contribution in [0.1, 0.15) is 59.6 Å². The van der Waals surface area contributed by atoms with Gasteiger partial charge in [0, 0.05) is 31.1 Å². The number of esters is 1. The van der Waals surface area contributed by atoms with Gasteiger partial charge in [0.15, 0.2) is 5.58 Å². The van der Waals surface area contributed by atoms with Gasteiger partial charge in [-0.25, -0.2) is 14.8 Å².